The number of tetrazole rings is 1. The van der Waals surface area contributed by atoms with Gasteiger partial charge in [0.25, 0.3) is 0 Å². The molecule has 5 nitrogen and oxygen atoms in total. The van der Waals surface area contributed by atoms with Crippen LogP contribution < -0.4 is 5.73 Å². The number of anilines is 1. The van der Waals surface area contributed by atoms with Crippen LogP contribution in [-0.2, 0) is 6.42 Å². The van der Waals surface area contributed by atoms with E-state index in [0.29, 0.717) is 11.5 Å². The zero-order chi connectivity index (χ0) is 14.8. The lowest BCUT2D eigenvalue weighted by atomic mass is 10.1. The SMILES string of the molecule is CCc1ccccc1-n1nnnc1-c1cc(C)cc(N)c1. The fraction of sp³-hybridized carbons (Fsp3) is 0.188. The van der Waals surface area contributed by atoms with Crippen LogP contribution >= 0.6 is 0 Å². The topological polar surface area (TPSA) is 69.6 Å². The number of hydrogen-bond acceptors (Lipinski definition) is 4. The lowest BCUT2D eigenvalue weighted by Crippen LogP contribution is -2.03. The number of para-hydroxylation sites is 1. The molecule has 106 valence electrons. The standard InChI is InChI=1S/C16H17N5/c1-3-12-6-4-5-7-15(12)21-16(18-19-20-21)13-8-11(2)9-14(17)10-13/h4-10H,3,17H2,1-2H3. The lowest BCUT2D eigenvalue weighted by molar-refractivity contribution is 0.783. The van der Waals surface area contributed by atoms with Gasteiger partial charge in [-0.25, -0.2) is 0 Å². The number of aryl methyl sites for hydroxylation is 2. The summed E-state index contributed by atoms with van der Waals surface area (Å²) in [6.45, 7) is 4.13. The van der Waals surface area contributed by atoms with Crippen LogP contribution in [0.15, 0.2) is 42.5 Å². The van der Waals surface area contributed by atoms with E-state index < -0.39 is 0 Å². The van der Waals surface area contributed by atoms with Crippen molar-refractivity contribution in [2.45, 2.75) is 20.3 Å². The number of nitrogens with zero attached hydrogens (tertiary/aromatic N) is 4. The van der Waals surface area contributed by atoms with Crippen molar-refractivity contribution in [3.8, 4) is 17.1 Å². The van der Waals surface area contributed by atoms with Gasteiger partial charge in [-0.1, -0.05) is 25.1 Å². The molecule has 0 atom stereocenters. The molecule has 3 aromatic rings. The first-order valence-corrected chi connectivity index (χ1v) is 6.93. The molecule has 21 heavy (non-hydrogen) atoms. The summed E-state index contributed by atoms with van der Waals surface area (Å²) in [6.07, 6.45) is 0.922. The quantitative estimate of drug-likeness (QED) is 0.748. The van der Waals surface area contributed by atoms with E-state index in [4.69, 9.17) is 5.73 Å². The first-order valence-electron chi connectivity index (χ1n) is 6.93. The Morgan fingerprint density at radius 1 is 1.14 bits per heavy atom. The highest BCUT2D eigenvalue weighted by molar-refractivity contribution is 5.64. The molecule has 0 spiro atoms. The number of nitrogen functional groups attached to an aromatic ring is 1. The normalized spacial score (nSPS) is 10.8. The van der Waals surface area contributed by atoms with E-state index in [2.05, 4.69) is 28.5 Å². The van der Waals surface area contributed by atoms with Gasteiger partial charge in [0.1, 0.15) is 0 Å². The zero-order valence-electron chi connectivity index (χ0n) is 12.1. The summed E-state index contributed by atoms with van der Waals surface area (Å²) in [5.74, 6) is 0.700. The van der Waals surface area contributed by atoms with Crippen LogP contribution in [0.25, 0.3) is 17.1 Å². The molecular weight excluding hydrogens is 262 g/mol. The van der Waals surface area contributed by atoms with Gasteiger partial charge in [-0.15, -0.1) is 5.10 Å². The summed E-state index contributed by atoms with van der Waals surface area (Å²) in [7, 11) is 0. The highest BCUT2D eigenvalue weighted by Gasteiger charge is 2.13. The Hall–Kier alpha value is -2.69. The highest BCUT2D eigenvalue weighted by Crippen LogP contribution is 2.24. The molecule has 1 heterocycles. The van der Waals surface area contributed by atoms with Gasteiger partial charge < -0.3 is 5.73 Å². The molecule has 0 bridgehead atoms. The van der Waals surface area contributed by atoms with Gasteiger partial charge >= 0.3 is 0 Å². The van der Waals surface area contributed by atoms with E-state index in [1.807, 2.05) is 43.3 Å². The summed E-state index contributed by atoms with van der Waals surface area (Å²) in [5.41, 5.74) is 10.9. The molecule has 0 amide bonds. The highest BCUT2D eigenvalue weighted by atomic mass is 15.5. The second-order valence-electron chi connectivity index (χ2n) is 5.03. The van der Waals surface area contributed by atoms with E-state index in [9.17, 15) is 0 Å². The number of benzene rings is 2. The maximum atomic E-state index is 5.93. The molecule has 3 rings (SSSR count). The van der Waals surface area contributed by atoms with Crippen molar-refractivity contribution in [1.29, 1.82) is 0 Å². The van der Waals surface area contributed by atoms with Gasteiger partial charge in [0.15, 0.2) is 5.82 Å². The number of rotatable bonds is 3. The summed E-state index contributed by atoms with van der Waals surface area (Å²) in [5, 5.41) is 12.1. The number of hydrogen-bond donors (Lipinski definition) is 1. The van der Waals surface area contributed by atoms with Crippen LogP contribution in [0.4, 0.5) is 5.69 Å². The molecule has 0 saturated heterocycles. The van der Waals surface area contributed by atoms with Gasteiger partial charge in [0.05, 0.1) is 5.69 Å². The Kier molecular flexibility index (Phi) is 3.39. The molecule has 2 N–H and O–H groups in total. The third kappa shape index (κ3) is 2.50. The van der Waals surface area contributed by atoms with Crippen molar-refractivity contribution in [2.24, 2.45) is 0 Å². The summed E-state index contributed by atoms with van der Waals surface area (Å²) in [6, 6.07) is 14.0. The van der Waals surface area contributed by atoms with Crippen LogP contribution in [0, 0.1) is 6.92 Å². The van der Waals surface area contributed by atoms with Crippen molar-refractivity contribution >= 4 is 5.69 Å². The summed E-state index contributed by atoms with van der Waals surface area (Å²) in [4.78, 5) is 0. The Balaban J connectivity index is 2.17. The second kappa shape index (κ2) is 5.36. The molecule has 0 aliphatic heterocycles. The van der Waals surface area contributed by atoms with Crippen LogP contribution in [0.1, 0.15) is 18.1 Å². The molecule has 0 unspecified atom stereocenters. The first kappa shape index (κ1) is 13.3. The largest absolute Gasteiger partial charge is 0.399 e. The number of aromatic nitrogens is 4. The summed E-state index contributed by atoms with van der Waals surface area (Å²) >= 11 is 0. The van der Waals surface area contributed by atoms with Crippen LogP contribution in [0.5, 0.6) is 0 Å². The molecule has 0 radical (unpaired) electrons. The minimum absolute atomic E-state index is 0.700. The molecule has 0 aliphatic rings. The molecule has 0 saturated carbocycles. The van der Waals surface area contributed by atoms with E-state index in [1.165, 1.54) is 5.56 Å². The van der Waals surface area contributed by atoms with Gasteiger partial charge in [-0.05, 0) is 59.2 Å². The Bertz CT molecular complexity index is 756. The van der Waals surface area contributed by atoms with Crippen LogP contribution in [0.3, 0.4) is 0 Å². The van der Waals surface area contributed by atoms with Crippen molar-refractivity contribution in [3.63, 3.8) is 0 Å². The molecule has 5 heteroatoms. The fourth-order valence-corrected chi connectivity index (χ4v) is 2.49. The van der Waals surface area contributed by atoms with Crippen molar-refractivity contribution in [1.82, 2.24) is 20.2 Å². The molecule has 0 fully saturated rings. The van der Waals surface area contributed by atoms with Gasteiger partial charge in [-0.2, -0.15) is 4.68 Å². The average molecular weight is 279 g/mol. The minimum atomic E-state index is 0.700. The minimum Gasteiger partial charge on any atom is -0.399 e. The molecule has 0 aliphatic carbocycles. The van der Waals surface area contributed by atoms with Gasteiger partial charge in [0.2, 0.25) is 0 Å². The fourth-order valence-electron chi connectivity index (χ4n) is 2.49. The maximum Gasteiger partial charge on any atom is 0.187 e. The van der Waals surface area contributed by atoms with E-state index >= 15 is 0 Å². The Labute approximate surface area is 123 Å². The smallest absolute Gasteiger partial charge is 0.187 e. The van der Waals surface area contributed by atoms with Crippen molar-refractivity contribution in [2.75, 3.05) is 5.73 Å². The first-order chi connectivity index (χ1) is 10.2. The number of nitrogens with two attached hydrogens (primary N) is 1. The van der Waals surface area contributed by atoms with Crippen LogP contribution in [-0.4, -0.2) is 20.2 Å². The lowest BCUT2D eigenvalue weighted by Gasteiger charge is -2.10. The monoisotopic (exact) mass is 279 g/mol. The third-order valence-electron chi connectivity index (χ3n) is 3.43. The molecule has 2 aromatic carbocycles. The molecular formula is C16H17N5. The average Bonchev–Trinajstić information content (AvgIpc) is 2.95. The van der Waals surface area contributed by atoms with E-state index in [-0.39, 0.29) is 0 Å². The maximum absolute atomic E-state index is 5.93. The van der Waals surface area contributed by atoms with Crippen molar-refractivity contribution < 1.29 is 0 Å². The Morgan fingerprint density at radius 3 is 2.71 bits per heavy atom. The van der Waals surface area contributed by atoms with Crippen molar-refractivity contribution in [3.05, 3.63) is 53.6 Å². The molecule has 1 aromatic heterocycles. The predicted molar refractivity (Wildman–Crippen MR) is 83.1 cm³/mol. The predicted octanol–water partition coefficient (Wildman–Crippen LogP) is 2.78. The van der Waals surface area contributed by atoms with E-state index in [0.717, 1.165) is 23.2 Å². The van der Waals surface area contributed by atoms with Gasteiger partial charge in [0, 0.05) is 11.3 Å². The van der Waals surface area contributed by atoms with Crippen LogP contribution in [0.2, 0.25) is 0 Å². The third-order valence-corrected chi connectivity index (χ3v) is 3.43. The zero-order valence-corrected chi connectivity index (χ0v) is 12.1. The summed E-state index contributed by atoms with van der Waals surface area (Å²) < 4.78 is 1.77. The van der Waals surface area contributed by atoms with Gasteiger partial charge in [-0.3, -0.25) is 0 Å². The Morgan fingerprint density at radius 2 is 1.95 bits per heavy atom. The second-order valence-corrected chi connectivity index (χ2v) is 5.03. The van der Waals surface area contributed by atoms with E-state index in [1.54, 1.807) is 4.68 Å².